The van der Waals surface area contributed by atoms with E-state index in [4.69, 9.17) is 0 Å². The summed E-state index contributed by atoms with van der Waals surface area (Å²) >= 11 is 1.44. The first-order valence-corrected chi connectivity index (χ1v) is 9.23. The van der Waals surface area contributed by atoms with Crippen molar-refractivity contribution < 1.29 is 9.59 Å². The number of aryl methyl sites for hydroxylation is 1. The number of nitrogens with zero attached hydrogens (tertiary/aromatic N) is 4. The SMILES string of the molecule is CCCn1cc(NC(=O)N2CCCC2c2ccc(C(=O)NC)s2)nn1. The summed E-state index contributed by atoms with van der Waals surface area (Å²) in [6.07, 6.45) is 4.52. The van der Waals surface area contributed by atoms with Crippen molar-refractivity contribution in [2.24, 2.45) is 0 Å². The lowest BCUT2D eigenvalue weighted by Crippen LogP contribution is -2.34. The maximum atomic E-state index is 12.6. The van der Waals surface area contributed by atoms with E-state index in [1.165, 1.54) is 11.3 Å². The molecule has 0 saturated carbocycles. The number of carbonyl (C=O) groups is 2. The minimum absolute atomic E-state index is 0.00547. The number of aromatic nitrogens is 3. The van der Waals surface area contributed by atoms with Crippen molar-refractivity contribution in [1.82, 2.24) is 25.2 Å². The third-order valence-electron chi connectivity index (χ3n) is 4.15. The zero-order chi connectivity index (χ0) is 17.8. The maximum absolute atomic E-state index is 12.6. The lowest BCUT2D eigenvalue weighted by Gasteiger charge is -2.23. The molecule has 0 radical (unpaired) electrons. The highest BCUT2D eigenvalue weighted by Gasteiger charge is 2.31. The lowest BCUT2D eigenvalue weighted by atomic mass is 10.2. The molecular weight excluding hydrogens is 340 g/mol. The molecule has 3 heterocycles. The average Bonchev–Trinajstić information content (AvgIpc) is 3.34. The summed E-state index contributed by atoms with van der Waals surface area (Å²) in [5.41, 5.74) is 0. The predicted octanol–water partition coefficient (Wildman–Crippen LogP) is 2.48. The molecule has 1 fully saturated rings. The Morgan fingerprint density at radius 1 is 1.40 bits per heavy atom. The molecule has 1 saturated heterocycles. The summed E-state index contributed by atoms with van der Waals surface area (Å²) in [4.78, 5) is 27.9. The largest absolute Gasteiger partial charge is 0.354 e. The van der Waals surface area contributed by atoms with E-state index in [9.17, 15) is 9.59 Å². The van der Waals surface area contributed by atoms with Gasteiger partial charge in [-0.05, 0) is 31.4 Å². The molecule has 3 rings (SSSR count). The Balaban J connectivity index is 1.68. The third-order valence-corrected chi connectivity index (χ3v) is 5.33. The molecular formula is C16H22N6O2S. The predicted molar refractivity (Wildman–Crippen MR) is 95.7 cm³/mol. The fourth-order valence-corrected chi connectivity index (χ4v) is 4.06. The second-order valence-electron chi connectivity index (χ2n) is 5.93. The fraction of sp³-hybridized carbons (Fsp3) is 0.500. The monoisotopic (exact) mass is 362 g/mol. The van der Waals surface area contributed by atoms with Crippen molar-refractivity contribution in [3.05, 3.63) is 28.1 Å². The van der Waals surface area contributed by atoms with Crippen molar-refractivity contribution >= 4 is 29.1 Å². The zero-order valence-electron chi connectivity index (χ0n) is 14.4. The van der Waals surface area contributed by atoms with E-state index >= 15 is 0 Å². The van der Waals surface area contributed by atoms with Crippen molar-refractivity contribution in [2.45, 2.75) is 38.8 Å². The number of urea groups is 1. The number of hydrogen-bond donors (Lipinski definition) is 2. The van der Waals surface area contributed by atoms with Gasteiger partial charge in [0, 0.05) is 25.0 Å². The molecule has 2 aromatic heterocycles. The van der Waals surface area contributed by atoms with Gasteiger partial charge in [0.1, 0.15) is 0 Å². The summed E-state index contributed by atoms with van der Waals surface area (Å²) in [6.45, 7) is 3.52. The first-order chi connectivity index (χ1) is 12.1. The maximum Gasteiger partial charge on any atom is 0.323 e. The van der Waals surface area contributed by atoms with Gasteiger partial charge in [0.25, 0.3) is 5.91 Å². The van der Waals surface area contributed by atoms with Gasteiger partial charge in [0.2, 0.25) is 0 Å². The third kappa shape index (κ3) is 3.81. The van der Waals surface area contributed by atoms with Crippen LogP contribution in [-0.4, -0.2) is 45.4 Å². The Morgan fingerprint density at radius 2 is 2.24 bits per heavy atom. The topological polar surface area (TPSA) is 92.2 Å². The molecule has 9 heteroatoms. The Labute approximate surface area is 150 Å². The molecule has 2 aromatic rings. The van der Waals surface area contributed by atoms with Crippen molar-refractivity contribution in [2.75, 3.05) is 18.9 Å². The van der Waals surface area contributed by atoms with E-state index in [1.54, 1.807) is 22.8 Å². The summed E-state index contributed by atoms with van der Waals surface area (Å²) in [6, 6.07) is 3.56. The van der Waals surface area contributed by atoms with E-state index < -0.39 is 0 Å². The molecule has 3 amide bonds. The molecule has 1 atom stereocenters. The van der Waals surface area contributed by atoms with Gasteiger partial charge < -0.3 is 10.2 Å². The highest BCUT2D eigenvalue weighted by atomic mass is 32.1. The van der Waals surface area contributed by atoms with Crippen LogP contribution in [0.15, 0.2) is 18.3 Å². The molecule has 1 unspecified atom stereocenters. The van der Waals surface area contributed by atoms with Crippen molar-refractivity contribution in [3.63, 3.8) is 0 Å². The molecule has 0 bridgehead atoms. The minimum Gasteiger partial charge on any atom is -0.354 e. The highest BCUT2D eigenvalue weighted by Crippen LogP contribution is 2.36. The van der Waals surface area contributed by atoms with E-state index in [0.29, 0.717) is 17.2 Å². The standard InChI is InChI=1S/C16H22N6O2S/c1-3-8-21-10-14(19-20-21)18-16(24)22-9-4-5-11(22)12-6-7-13(25-12)15(23)17-2/h6-7,10-11H,3-5,8-9H2,1-2H3,(H,17,23)(H,18,24). The first-order valence-electron chi connectivity index (χ1n) is 8.42. The smallest absolute Gasteiger partial charge is 0.323 e. The second kappa shape index (κ2) is 7.64. The van der Waals surface area contributed by atoms with Crippen LogP contribution in [0.25, 0.3) is 0 Å². The summed E-state index contributed by atoms with van der Waals surface area (Å²) in [5.74, 6) is 0.360. The number of rotatable bonds is 5. The number of carbonyl (C=O) groups excluding carboxylic acids is 2. The van der Waals surface area contributed by atoms with Crippen LogP contribution in [0, 0.1) is 0 Å². The van der Waals surface area contributed by atoms with Crippen LogP contribution >= 0.6 is 11.3 Å². The fourth-order valence-electron chi connectivity index (χ4n) is 2.96. The van der Waals surface area contributed by atoms with Crippen LogP contribution in [-0.2, 0) is 6.54 Å². The van der Waals surface area contributed by atoms with Crippen LogP contribution in [0.2, 0.25) is 0 Å². The van der Waals surface area contributed by atoms with Gasteiger partial charge in [-0.15, -0.1) is 16.4 Å². The van der Waals surface area contributed by atoms with Gasteiger partial charge >= 0.3 is 6.03 Å². The van der Waals surface area contributed by atoms with E-state index in [-0.39, 0.29) is 18.0 Å². The normalized spacial score (nSPS) is 16.9. The van der Waals surface area contributed by atoms with Gasteiger partial charge in [-0.3, -0.25) is 14.8 Å². The Kier molecular flexibility index (Phi) is 5.32. The number of nitrogens with one attached hydrogen (secondary N) is 2. The first kappa shape index (κ1) is 17.4. The second-order valence-corrected chi connectivity index (χ2v) is 7.04. The van der Waals surface area contributed by atoms with Gasteiger partial charge in [-0.2, -0.15) is 0 Å². The Bertz CT molecular complexity index is 755. The number of hydrogen-bond acceptors (Lipinski definition) is 5. The molecule has 1 aliphatic rings. The number of thiophene rings is 1. The van der Waals surface area contributed by atoms with Crippen LogP contribution in [0.1, 0.15) is 46.8 Å². The molecule has 25 heavy (non-hydrogen) atoms. The molecule has 0 aliphatic carbocycles. The Morgan fingerprint density at radius 3 is 3.00 bits per heavy atom. The summed E-state index contributed by atoms with van der Waals surface area (Å²) < 4.78 is 1.71. The summed E-state index contributed by atoms with van der Waals surface area (Å²) in [7, 11) is 1.61. The van der Waals surface area contributed by atoms with E-state index in [0.717, 1.165) is 30.7 Å². The molecule has 134 valence electrons. The molecule has 0 spiro atoms. The highest BCUT2D eigenvalue weighted by molar-refractivity contribution is 7.14. The van der Waals surface area contributed by atoms with Gasteiger partial charge in [0.05, 0.1) is 17.1 Å². The lowest BCUT2D eigenvalue weighted by molar-refractivity contribution is 0.0967. The van der Waals surface area contributed by atoms with E-state index in [2.05, 4.69) is 27.9 Å². The molecule has 0 aromatic carbocycles. The molecule has 8 nitrogen and oxygen atoms in total. The number of amides is 3. The average molecular weight is 362 g/mol. The van der Waals surface area contributed by atoms with Crippen molar-refractivity contribution in [1.29, 1.82) is 0 Å². The van der Waals surface area contributed by atoms with Gasteiger partial charge in [0.15, 0.2) is 5.82 Å². The van der Waals surface area contributed by atoms with Gasteiger partial charge in [-0.1, -0.05) is 12.1 Å². The van der Waals surface area contributed by atoms with Gasteiger partial charge in [-0.25, -0.2) is 4.79 Å². The minimum atomic E-state index is -0.180. The number of likely N-dealkylation sites (tertiary alicyclic amines) is 1. The molecule has 1 aliphatic heterocycles. The summed E-state index contributed by atoms with van der Waals surface area (Å²) in [5, 5.41) is 13.4. The number of anilines is 1. The Hall–Kier alpha value is -2.42. The van der Waals surface area contributed by atoms with Crippen LogP contribution in [0.3, 0.4) is 0 Å². The van der Waals surface area contributed by atoms with Crippen LogP contribution in [0.5, 0.6) is 0 Å². The quantitative estimate of drug-likeness (QED) is 0.855. The van der Waals surface area contributed by atoms with Crippen molar-refractivity contribution in [3.8, 4) is 0 Å². The van der Waals surface area contributed by atoms with Crippen LogP contribution in [0.4, 0.5) is 10.6 Å². The zero-order valence-corrected chi connectivity index (χ0v) is 15.2. The molecule has 2 N–H and O–H groups in total. The van der Waals surface area contributed by atoms with Crippen LogP contribution < -0.4 is 10.6 Å². The van der Waals surface area contributed by atoms with E-state index in [1.807, 2.05) is 12.1 Å².